The van der Waals surface area contributed by atoms with Crippen LogP contribution in [0.4, 0.5) is 5.69 Å². The summed E-state index contributed by atoms with van der Waals surface area (Å²) in [5.74, 6) is 0. The Kier molecular flexibility index (Phi) is 3.25. The lowest BCUT2D eigenvalue weighted by Crippen LogP contribution is -2.35. The molecule has 0 radical (unpaired) electrons. The van der Waals surface area contributed by atoms with E-state index in [1.807, 2.05) is 31.2 Å². The second kappa shape index (κ2) is 5.21. The van der Waals surface area contributed by atoms with Crippen molar-refractivity contribution in [1.29, 1.82) is 0 Å². The molecule has 3 aromatic rings. The van der Waals surface area contributed by atoms with E-state index < -0.39 is 10.0 Å². The first-order valence-electron chi connectivity index (χ1n) is 7.72. The van der Waals surface area contributed by atoms with Crippen LogP contribution in [0.2, 0.25) is 0 Å². The third-order valence-corrected chi connectivity index (χ3v) is 6.32. The molecular formula is C18H16N2O3S. The molecule has 122 valence electrons. The van der Waals surface area contributed by atoms with Crippen molar-refractivity contribution in [1.82, 2.24) is 4.98 Å². The fourth-order valence-electron chi connectivity index (χ4n) is 3.31. The van der Waals surface area contributed by atoms with Gasteiger partial charge in [0, 0.05) is 17.6 Å². The van der Waals surface area contributed by atoms with E-state index in [-0.39, 0.29) is 16.5 Å². The number of H-pyrrole nitrogens is 1. The highest BCUT2D eigenvalue weighted by Crippen LogP contribution is 2.36. The third kappa shape index (κ3) is 2.22. The highest BCUT2D eigenvalue weighted by Gasteiger charge is 2.35. The summed E-state index contributed by atoms with van der Waals surface area (Å²) in [6.45, 7) is 1.91. The van der Waals surface area contributed by atoms with Crippen LogP contribution in [0.25, 0.3) is 10.9 Å². The van der Waals surface area contributed by atoms with Crippen molar-refractivity contribution in [2.45, 2.75) is 24.3 Å². The summed E-state index contributed by atoms with van der Waals surface area (Å²) in [5.41, 5.74) is 2.20. The summed E-state index contributed by atoms with van der Waals surface area (Å²) < 4.78 is 27.8. The summed E-state index contributed by atoms with van der Waals surface area (Å²) in [6.07, 6.45) is 0.705. The minimum absolute atomic E-state index is 0.126. The van der Waals surface area contributed by atoms with Gasteiger partial charge in [0.2, 0.25) is 5.56 Å². The molecule has 1 aliphatic heterocycles. The van der Waals surface area contributed by atoms with Gasteiger partial charge in [0.25, 0.3) is 10.0 Å². The first-order valence-corrected chi connectivity index (χ1v) is 9.16. The zero-order valence-corrected chi connectivity index (χ0v) is 13.9. The molecule has 1 N–H and O–H groups in total. The van der Waals surface area contributed by atoms with Crippen LogP contribution in [0.5, 0.6) is 0 Å². The number of pyridine rings is 1. The average molecular weight is 340 g/mol. The van der Waals surface area contributed by atoms with Crippen LogP contribution in [-0.2, 0) is 16.4 Å². The summed E-state index contributed by atoms with van der Waals surface area (Å²) >= 11 is 0. The Morgan fingerprint density at radius 2 is 1.88 bits per heavy atom. The van der Waals surface area contributed by atoms with Crippen LogP contribution < -0.4 is 9.86 Å². The number of aromatic nitrogens is 1. The summed E-state index contributed by atoms with van der Waals surface area (Å²) in [5, 5.41) is 0.691. The highest BCUT2D eigenvalue weighted by atomic mass is 32.2. The van der Waals surface area contributed by atoms with Gasteiger partial charge in [-0.1, -0.05) is 18.2 Å². The van der Waals surface area contributed by atoms with Gasteiger partial charge in [0.15, 0.2) is 0 Å². The van der Waals surface area contributed by atoms with E-state index in [1.54, 1.807) is 24.3 Å². The number of rotatable bonds is 2. The van der Waals surface area contributed by atoms with E-state index in [4.69, 9.17) is 0 Å². The molecule has 0 spiro atoms. The van der Waals surface area contributed by atoms with Crippen molar-refractivity contribution in [3.8, 4) is 0 Å². The average Bonchev–Trinajstić information content (AvgIpc) is 2.90. The van der Waals surface area contributed by atoms with Gasteiger partial charge in [-0.25, -0.2) is 8.42 Å². The normalized spacial score (nSPS) is 17.2. The van der Waals surface area contributed by atoms with Crippen LogP contribution in [0.3, 0.4) is 0 Å². The molecule has 0 bridgehead atoms. The minimum atomic E-state index is -3.66. The second-order valence-electron chi connectivity index (χ2n) is 6.05. The van der Waals surface area contributed by atoms with Crippen LogP contribution >= 0.6 is 0 Å². The van der Waals surface area contributed by atoms with Gasteiger partial charge >= 0.3 is 0 Å². The molecule has 0 saturated heterocycles. The number of sulfonamides is 1. The molecule has 2 heterocycles. The molecule has 1 unspecified atom stereocenters. The Hall–Kier alpha value is -2.60. The maximum atomic E-state index is 13.2. The van der Waals surface area contributed by atoms with Gasteiger partial charge in [0.05, 0.1) is 10.6 Å². The van der Waals surface area contributed by atoms with Crippen LogP contribution in [0.1, 0.15) is 12.5 Å². The Labute approximate surface area is 139 Å². The monoisotopic (exact) mass is 340 g/mol. The van der Waals surface area contributed by atoms with Gasteiger partial charge in [-0.15, -0.1) is 0 Å². The molecule has 0 fully saturated rings. The van der Waals surface area contributed by atoms with Crippen LogP contribution in [0, 0.1) is 0 Å². The van der Waals surface area contributed by atoms with Gasteiger partial charge in [-0.2, -0.15) is 0 Å². The van der Waals surface area contributed by atoms with Crippen molar-refractivity contribution in [2.24, 2.45) is 0 Å². The molecule has 5 nitrogen and oxygen atoms in total. The number of hydrogen-bond acceptors (Lipinski definition) is 3. The van der Waals surface area contributed by atoms with Crippen molar-refractivity contribution in [3.63, 3.8) is 0 Å². The number of nitrogens with one attached hydrogen (secondary N) is 1. The lowest BCUT2D eigenvalue weighted by atomic mass is 10.1. The molecule has 0 amide bonds. The Balaban J connectivity index is 1.86. The molecule has 2 aromatic carbocycles. The molecule has 0 saturated carbocycles. The fourth-order valence-corrected chi connectivity index (χ4v) is 5.04. The topological polar surface area (TPSA) is 70.2 Å². The highest BCUT2D eigenvalue weighted by molar-refractivity contribution is 7.92. The minimum Gasteiger partial charge on any atom is -0.322 e. The van der Waals surface area contributed by atoms with Crippen molar-refractivity contribution in [2.75, 3.05) is 4.31 Å². The number of hydrogen-bond donors (Lipinski definition) is 1. The van der Waals surface area contributed by atoms with Gasteiger partial charge in [0.1, 0.15) is 0 Å². The number of benzene rings is 2. The molecule has 0 aliphatic carbocycles. The Bertz CT molecular complexity index is 1100. The molecule has 1 aliphatic rings. The van der Waals surface area contributed by atoms with Crippen LogP contribution in [-0.4, -0.2) is 19.4 Å². The fraction of sp³-hybridized carbons (Fsp3) is 0.167. The van der Waals surface area contributed by atoms with Gasteiger partial charge in [-0.05, 0) is 54.6 Å². The number of nitrogens with zero attached hydrogens (tertiary/aromatic N) is 1. The molecule has 1 aromatic heterocycles. The molecule has 6 heteroatoms. The Morgan fingerprint density at radius 3 is 2.71 bits per heavy atom. The van der Waals surface area contributed by atoms with E-state index >= 15 is 0 Å². The van der Waals surface area contributed by atoms with Crippen molar-refractivity contribution < 1.29 is 8.42 Å². The van der Waals surface area contributed by atoms with E-state index in [0.717, 1.165) is 11.3 Å². The van der Waals surface area contributed by atoms with Gasteiger partial charge in [-0.3, -0.25) is 9.10 Å². The second-order valence-corrected chi connectivity index (χ2v) is 7.87. The van der Waals surface area contributed by atoms with Gasteiger partial charge < -0.3 is 4.98 Å². The maximum Gasteiger partial charge on any atom is 0.264 e. The quantitative estimate of drug-likeness (QED) is 0.780. The number of anilines is 1. The third-order valence-electron chi connectivity index (χ3n) is 4.40. The van der Waals surface area contributed by atoms with E-state index in [1.165, 1.54) is 10.4 Å². The molecular weight excluding hydrogens is 324 g/mol. The SMILES string of the molecule is CC1Cc2ccccc2N1S(=O)(=O)c1ccc2[nH]c(=O)ccc2c1. The molecule has 4 rings (SSSR count). The standard InChI is InChI=1S/C18H16N2O3S/c1-12-10-14-4-2-3-5-17(14)20(12)24(22,23)15-7-8-16-13(11-15)6-9-18(21)19-16/h2-9,11-12H,10H2,1H3,(H,19,21). The summed E-state index contributed by atoms with van der Waals surface area (Å²) in [4.78, 5) is 14.3. The van der Waals surface area contributed by atoms with Crippen LogP contribution in [0.15, 0.2) is 64.3 Å². The number of para-hydroxylation sites is 1. The zero-order chi connectivity index (χ0) is 16.9. The number of aromatic amines is 1. The smallest absolute Gasteiger partial charge is 0.264 e. The van der Waals surface area contributed by atoms with E-state index in [9.17, 15) is 13.2 Å². The lowest BCUT2D eigenvalue weighted by Gasteiger charge is -2.24. The number of fused-ring (bicyclic) bond motifs is 2. The van der Waals surface area contributed by atoms with Crippen molar-refractivity contribution in [3.05, 3.63) is 70.5 Å². The predicted octanol–water partition coefficient (Wildman–Crippen LogP) is 2.67. The first kappa shape index (κ1) is 15.0. The molecule has 1 atom stereocenters. The maximum absolute atomic E-state index is 13.2. The largest absolute Gasteiger partial charge is 0.322 e. The predicted molar refractivity (Wildman–Crippen MR) is 93.8 cm³/mol. The summed E-state index contributed by atoms with van der Waals surface area (Å²) in [6, 6.07) is 15.3. The van der Waals surface area contributed by atoms with E-state index in [0.29, 0.717) is 17.3 Å². The zero-order valence-electron chi connectivity index (χ0n) is 13.1. The Morgan fingerprint density at radius 1 is 1.08 bits per heavy atom. The van der Waals surface area contributed by atoms with Crippen molar-refractivity contribution >= 4 is 26.6 Å². The summed E-state index contributed by atoms with van der Waals surface area (Å²) in [7, 11) is -3.66. The molecule has 24 heavy (non-hydrogen) atoms. The van der Waals surface area contributed by atoms with E-state index in [2.05, 4.69) is 4.98 Å². The first-order chi connectivity index (χ1) is 11.5. The lowest BCUT2D eigenvalue weighted by molar-refractivity contribution is 0.584.